The fourth-order valence-electron chi connectivity index (χ4n) is 3.82. The van der Waals surface area contributed by atoms with E-state index in [-0.39, 0.29) is 23.1 Å². The summed E-state index contributed by atoms with van der Waals surface area (Å²) in [6.45, 7) is 8.07. The van der Waals surface area contributed by atoms with Crippen LogP contribution in [0.25, 0.3) is 0 Å². The Morgan fingerprint density at radius 2 is 2.08 bits per heavy atom. The van der Waals surface area contributed by atoms with Crippen molar-refractivity contribution in [3.05, 3.63) is 41.7 Å². The van der Waals surface area contributed by atoms with Crippen LogP contribution in [0.2, 0.25) is 0 Å². The van der Waals surface area contributed by atoms with E-state index in [1.807, 2.05) is 36.1 Å². The number of rotatable bonds is 5. The molecule has 1 aliphatic carbocycles. The third-order valence-electron chi connectivity index (χ3n) is 5.59. The van der Waals surface area contributed by atoms with Crippen LogP contribution in [0.1, 0.15) is 44.5 Å². The SMILES string of the molecule is Cc1cccc(CNC(=O)[C@H]2CC23CCN(C(=O)/C=C/C(C)C)CC3)n1. The maximum atomic E-state index is 12.5. The van der Waals surface area contributed by atoms with Crippen LogP contribution in [-0.2, 0) is 16.1 Å². The summed E-state index contributed by atoms with van der Waals surface area (Å²) in [7, 11) is 0. The predicted octanol–water partition coefficient (Wildman–Crippen LogP) is 2.85. The highest BCUT2D eigenvalue weighted by atomic mass is 16.2. The first-order valence-corrected chi connectivity index (χ1v) is 9.57. The number of hydrogen-bond donors (Lipinski definition) is 1. The highest BCUT2D eigenvalue weighted by molar-refractivity contribution is 5.88. The average Bonchev–Trinajstić information content (AvgIpc) is 3.31. The molecule has 140 valence electrons. The topological polar surface area (TPSA) is 62.3 Å². The molecular weight excluding hydrogens is 326 g/mol. The molecule has 26 heavy (non-hydrogen) atoms. The van der Waals surface area contributed by atoms with Crippen LogP contribution in [0.15, 0.2) is 30.4 Å². The van der Waals surface area contributed by atoms with Gasteiger partial charge in [-0.3, -0.25) is 14.6 Å². The number of nitrogens with one attached hydrogen (secondary N) is 1. The second-order valence-electron chi connectivity index (χ2n) is 8.04. The lowest BCUT2D eigenvalue weighted by molar-refractivity contribution is -0.127. The minimum atomic E-state index is 0.0933. The van der Waals surface area contributed by atoms with Gasteiger partial charge in [0, 0.05) is 24.7 Å². The van der Waals surface area contributed by atoms with Crippen molar-refractivity contribution in [2.75, 3.05) is 13.1 Å². The molecule has 3 rings (SSSR count). The van der Waals surface area contributed by atoms with E-state index in [1.54, 1.807) is 6.08 Å². The Labute approximate surface area is 155 Å². The third kappa shape index (κ3) is 4.32. The Morgan fingerprint density at radius 3 is 2.73 bits per heavy atom. The molecule has 2 fully saturated rings. The predicted molar refractivity (Wildman–Crippen MR) is 101 cm³/mol. The van der Waals surface area contributed by atoms with Gasteiger partial charge in [-0.1, -0.05) is 26.0 Å². The molecule has 1 aromatic heterocycles. The molecule has 1 saturated heterocycles. The van der Waals surface area contributed by atoms with Crippen molar-refractivity contribution in [3.63, 3.8) is 0 Å². The van der Waals surface area contributed by atoms with E-state index >= 15 is 0 Å². The summed E-state index contributed by atoms with van der Waals surface area (Å²) in [6, 6.07) is 5.85. The Morgan fingerprint density at radius 1 is 1.35 bits per heavy atom. The quantitative estimate of drug-likeness (QED) is 0.826. The number of likely N-dealkylation sites (tertiary alicyclic amines) is 1. The van der Waals surface area contributed by atoms with E-state index in [4.69, 9.17) is 0 Å². The monoisotopic (exact) mass is 355 g/mol. The Kier molecular flexibility index (Phi) is 5.44. The van der Waals surface area contributed by atoms with Gasteiger partial charge in [-0.15, -0.1) is 0 Å². The van der Waals surface area contributed by atoms with Gasteiger partial charge in [-0.2, -0.15) is 0 Å². The Hall–Kier alpha value is -2.17. The van der Waals surface area contributed by atoms with Crippen molar-refractivity contribution in [3.8, 4) is 0 Å². The minimum absolute atomic E-state index is 0.0933. The van der Waals surface area contributed by atoms with Crippen LogP contribution in [0.4, 0.5) is 0 Å². The first-order valence-electron chi connectivity index (χ1n) is 9.57. The number of allylic oxidation sites excluding steroid dienone is 1. The highest BCUT2D eigenvalue weighted by Gasteiger charge is 2.58. The number of pyridine rings is 1. The first kappa shape index (κ1) is 18.6. The maximum absolute atomic E-state index is 12.5. The number of carbonyl (C=O) groups is 2. The highest BCUT2D eigenvalue weighted by Crippen LogP contribution is 2.59. The molecule has 0 unspecified atom stereocenters. The second kappa shape index (κ2) is 7.60. The third-order valence-corrected chi connectivity index (χ3v) is 5.59. The van der Waals surface area contributed by atoms with Gasteiger partial charge in [-0.05, 0) is 55.7 Å². The van der Waals surface area contributed by atoms with Crippen LogP contribution in [0.3, 0.4) is 0 Å². The van der Waals surface area contributed by atoms with Crippen molar-refractivity contribution in [2.24, 2.45) is 17.3 Å². The van der Waals surface area contributed by atoms with Gasteiger partial charge in [0.25, 0.3) is 0 Å². The maximum Gasteiger partial charge on any atom is 0.246 e. The van der Waals surface area contributed by atoms with Gasteiger partial charge < -0.3 is 10.2 Å². The van der Waals surface area contributed by atoms with Gasteiger partial charge >= 0.3 is 0 Å². The second-order valence-corrected chi connectivity index (χ2v) is 8.04. The summed E-state index contributed by atoms with van der Waals surface area (Å²) in [5.74, 6) is 0.707. The van der Waals surface area contributed by atoms with E-state index in [0.717, 1.165) is 43.7 Å². The summed E-state index contributed by atoms with van der Waals surface area (Å²) in [5.41, 5.74) is 1.97. The van der Waals surface area contributed by atoms with E-state index in [9.17, 15) is 9.59 Å². The van der Waals surface area contributed by atoms with Gasteiger partial charge in [0.05, 0.1) is 12.2 Å². The number of hydrogen-bond acceptors (Lipinski definition) is 3. The first-order chi connectivity index (χ1) is 12.4. The molecular formula is C21H29N3O2. The number of piperidine rings is 1. The van der Waals surface area contributed by atoms with Gasteiger partial charge in [0.15, 0.2) is 0 Å². The van der Waals surface area contributed by atoms with Crippen molar-refractivity contribution >= 4 is 11.8 Å². The smallest absolute Gasteiger partial charge is 0.246 e. The summed E-state index contributed by atoms with van der Waals surface area (Å²) >= 11 is 0. The number of amides is 2. The Balaban J connectivity index is 1.46. The molecule has 5 nitrogen and oxygen atoms in total. The molecule has 0 bridgehead atoms. The summed E-state index contributed by atoms with van der Waals surface area (Å²) in [4.78, 5) is 31.0. The molecule has 5 heteroatoms. The normalized spacial score (nSPS) is 21.4. The summed E-state index contributed by atoms with van der Waals surface area (Å²) in [5, 5.41) is 3.03. The van der Waals surface area contributed by atoms with Crippen molar-refractivity contribution in [1.29, 1.82) is 0 Å². The molecule has 2 aliphatic rings. The summed E-state index contributed by atoms with van der Waals surface area (Å²) in [6.07, 6.45) is 6.43. The average molecular weight is 355 g/mol. The van der Waals surface area contributed by atoms with Crippen molar-refractivity contribution in [2.45, 2.75) is 46.6 Å². The molecule has 1 aliphatic heterocycles. The van der Waals surface area contributed by atoms with Crippen LogP contribution in [0.5, 0.6) is 0 Å². The van der Waals surface area contributed by atoms with Gasteiger partial charge in [0.1, 0.15) is 0 Å². The van der Waals surface area contributed by atoms with E-state index in [1.165, 1.54) is 0 Å². The lowest BCUT2D eigenvalue weighted by Gasteiger charge is -2.32. The summed E-state index contributed by atoms with van der Waals surface area (Å²) < 4.78 is 0. The molecule has 1 saturated carbocycles. The van der Waals surface area contributed by atoms with Crippen LogP contribution in [0, 0.1) is 24.2 Å². The zero-order valence-electron chi connectivity index (χ0n) is 16.0. The fraction of sp³-hybridized carbons (Fsp3) is 0.571. The molecule has 2 amide bonds. The van der Waals surface area contributed by atoms with E-state index in [2.05, 4.69) is 24.1 Å². The fourth-order valence-corrected chi connectivity index (χ4v) is 3.82. The van der Waals surface area contributed by atoms with Crippen LogP contribution < -0.4 is 5.32 Å². The van der Waals surface area contributed by atoms with Crippen molar-refractivity contribution in [1.82, 2.24) is 15.2 Å². The van der Waals surface area contributed by atoms with Crippen molar-refractivity contribution < 1.29 is 9.59 Å². The molecule has 1 N–H and O–H groups in total. The molecule has 0 radical (unpaired) electrons. The molecule has 1 atom stereocenters. The number of aromatic nitrogens is 1. The lowest BCUT2D eigenvalue weighted by Crippen LogP contribution is -2.40. The van der Waals surface area contributed by atoms with Crippen LogP contribution >= 0.6 is 0 Å². The van der Waals surface area contributed by atoms with Crippen LogP contribution in [-0.4, -0.2) is 34.8 Å². The number of aryl methyl sites for hydroxylation is 1. The minimum Gasteiger partial charge on any atom is -0.350 e. The number of carbonyl (C=O) groups excluding carboxylic acids is 2. The largest absolute Gasteiger partial charge is 0.350 e. The molecule has 0 aromatic carbocycles. The number of nitrogens with zero attached hydrogens (tertiary/aromatic N) is 2. The Bertz CT molecular complexity index is 703. The van der Waals surface area contributed by atoms with E-state index in [0.29, 0.717) is 12.5 Å². The zero-order valence-corrected chi connectivity index (χ0v) is 16.0. The van der Waals surface area contributed by atoms with Gasteiger partial charge in [0.2, 0.25) is 11.8 Å². The molecule has 2 heterocycles. The van der Waals surface area contributed by atoms with E-state index < -0.39 is 0 Å². The molecule has 1 spiro atoms. The van der Waals surface area contributed by atoms with Gasteiger partial charge in [-0.25, -0.2) is 0 Å². The molecule has 1 aromatic rings. The standard InChI is InChI=1S/C21H29N3O2/c1-15(2)7-8-19(25)24-11-9-21(10-12-24)13-18(21)20(26)22-14-17-6-4-5-16(3)23-17/h4-8,15,18H,9-14H2,1-3H3,(H,22,26)/b8-7+/t18-/m1/s1. The lowest BCUT2D eigenvalue weighted by atomic mass is 9.90. The zero-order chi connectivity index (χ0) is 18.7.